The summed E-state index contributed by atoms with van der Waals surface area (Å²) in [7, 11) is 0. The average molecular weight is 410 g/mol. The number of nitrogens with zero attached hydrogens (tertiary/aromatic N) is 7. The predicted octanol–water partition coefficient (Wildman–Crippen LogP) is 0.916. The SMILES string of the molecule is CC(C)(C(=O)O)c1nnc(-c2nn(Cc3cncnc3)c3ncc(F)cc23)[nH]c1=O. The number of rotatable bonds is 5. The average Bonchev–Trinajstić information content (AvgIpc) is 3.05. The van der Waals surface area contributed by atoms with Crippen molar-refractivity contribution in [3.05, 3.63) is 58.4 Å². The Hall–Kier alpha value is -4.09. The highest BCUT2D eigenvalue weighted by Gasteiger charge is 2.35. The summed E-state index contributed by atoms with van der Waals surface area (Å²) in [5, 5.41) is 21.8. The van der Waals surface area contributed by atoms with Gasteiger partial charge in [0.2, 0.25) is 0 Å². The number of aliphatic carboxylic acids is 1. The van der Waals surface area contributed by atoms with E-state index < -0.39 is 22.8 Å². The number of carboxylic acid groups (broad SMARTS) is 1. The van der Waals surface area contributed by atoms with E-state index in [-0.39, 0.29) is 23.8 Å². The Morgan fingerprint density at radius 2 is 1.97 bits per heavy atom. The highest BCUT2D eigenvalue weighted by molar-refractivity contribution is 5.89. The molecule has 4 aromatic heterocycles. The van der Waals surface area contributed by atoms with Gasteiger partial charge in [-0.25, -0.2) is 24.0 Å². The number of hydrogen-bond donors (Lipinski definition) is 2. The lowest BCUT2D eigenvalue weighted by Crippen LogP contribution is -2.37. The van der Waals surface area contributed by atoms with Crippen LogP contribution in [0, 0.1) is 5.82 Å². The lowest BCUT2D eigenvalue weighted by Gasteiger charge is -2.16. The van der Waals surface area contributed by atoms with E-state index in [4.69, 9.17) is 0 Å². The molecule has 0 aliphatic heterocycles. The molecular weight excluding hydrogens is 395 g/mol. The van der Waals surface area contributed by atoms with Crippen LogP contribution in [0.1, 0.15) is 25.1 Å². The first-order valence-corrected chi connectivity index (χ1v) is 8.74. The first-order valence-electron chi connectivity index (χ1n) is 8.74. The number of hydrogen-bond acceptors (Lipinski definition) is 8. The van der Waals surface area contributed by atoms with Crippen molar-refractivity contribution >= 4 is 17.0 Å². The van der Waals surface area contributed by atoms with Crippen LogP contribution >= 0.6 is 0 Å². The molecule has 0 aliphatic rings. The summed E-state index contributed by atoms with van der Waals surface area (Å²) in [6.07, 6.45) is 5.66. The van der Waals surface area contributed by atoms with E-state index >= 15 is 0 Å². The monoisotopic (exact) mass is 410 g/mol. The molecule has 0 aromatic carbocycles. The molecule has 0 amide bonds. The van der Waals surface area contributed by atoms with Crippen LogP contribution in [-0.4, -0.2) is 51.0 Å². The number of carbonyl (C=O) groups is 1. The highest BCUT2D eigenvalue weighted by Crippen LogP contribution is 2.25. The molecule has 2 N–H and O–H groups in total. The zero-order valence-electron chi connectivity index (χ0n) is 15.9. The Bertz CT molecular complexity index is 1320. The molecule has 4 heterocycles. The Kier molecular flexibility index (Phi) is 4.53. The number of nitrogens with one attached hydrogen (secondary N) is 1. The number of halogens is 1. The van der Waals surface area contributed by atoms with Gasteiger partial charge in [0, 0.05) is 18.0 Å². The van der Waals surface area contributed by atoms with Gasteiger partial charge < -0.3 is 10.1 Å². The highest BCUT2D eigenvalue weighted by atomic mass is 19.1. The van der Waals surface area contributed by atoms with E-state index in [1.807, 2.05) is 0 Å². The van der Waals surface area contributed by atoms with Gasteiger partial charge in [0.05, 0.1) is 18.1 Å². The van der Waals surface area contributed by atoms with E-state index in [1.54, 1.807) is 12.4 Å². The number of fused-ring (bicyclic) bond motifs is 1. The van der Waals surface area contributed by atoms with Crippen LogP contribution in [0.15, 0.2) is 35.8 Å². The summed E-state index contributed by atoms with van der Waals surface area (Å²) >= 11 is 0. The molecule has 152 valence electrons. The second-order valence-electron chi connectivity index (χ2n) is 7.06. The maximum atomic E-state index is 13.9. The van der Waals surface area contributed by atoms with Gasteiger partial charge >= 0.3 is 5.97 Å². The minimum absolute atomic E-state index is 0.0367. The van der Waals surface area contributed by atoms with Crippen molar-refractivity contribution in [2.75, 3.05) is 0 Å². The molecular formula is C18H15FN8O3. The van der Waals surface area contributed by atoms with Gasteiger partial charge in [0.25, 0.3) is 5.56 Å². The van der Waals surface area contributed by atoms with Gasteiger partial charge in [-0.15, -0.1) is 10.2 Å². The molecule has 4 aromatic rings. The smallest absolute Gasteiger partial charge is 0.315 e. The molecule has 0 bridgehead atoms. The van der Waals surface area contributed by atoms with Gasteiger partial charge in [-0.2, -0.15) is 5.10 Å². The van der Waals surface area contributed by atoms with Crippen molar-refractivity contribution in [2.45, 2.75) is 25.8 Å². The molecule has 0 spiro atoms. The summed E-state index contributed by atoms with van der Waals surface area (Å²) < 4.78 is 15.4. The van der Waals surface area contributed by atoms with Crippen molar-refractivity contribution in [1.82, 2.24) is 39.9 Å². The molecule has 0 aliphatic carbocycles. The van der Waals surface area contributed by atoms with Gasteiger partial charge in [-0.3, -0.25) is 9.59 Å². The van der Waals surface area contributed by atoms with Crippen molar-refractivity contribution in [3.8, 4) is 11.5 Å². The molecule has 30 heavy (non-hydrogen) atoms. The van der Waals surface area contributed by atoms with Crippen molar-refractivity contribution in [1.29, 1.82) is 0 Å². The summed E-state index contributed by atoms with van der Waals surface area (Å²) in [5.41, 5.74) is -1.28. The second kappa shape index (κ2) is 7.06. The number of pyridine rings is 1. The van der Waals surface area contributed by atoms with Gasteiger partial charge in [-0.05, 0) is 19.9 Å². The third kappa shape index (κ3) is 3.27. The largest absolute Gasteiger partial charge is 0.481 e. The zero-order chi connectivity index (χ0) is 21.5. The maximum Gasteiger partial charge on any atom is 0.315 e. The van der Waals surface area contributed by atoms with Crippen LogP contribution < -0.4 is 5.56 Å². The summed E-state index contributed by atoms with van der Waals surface area (Å²) in [6.45, 7) is 2.94. The van der Waals surface area contributed by atoms with E-state index in [1.165, 1.54) is 30.9 Å². The Balaban J connectivity index is 1.85. The minimum Gasteiger partial charge on any atom is -0.481 e. The molecule has 11 nitrogen and oxygen atoms in total. The Morgan fingerprint density at radius 3 is 2.63 bits per heavy atom. The Morgan fingerprint density at radius 1 is 1.23 bits per heavy atom. The van der Waals surface area contributed by atoms with Gasteiger partial charge in [-0.1, -0.05) is 0 Å². The maximum absolute atomic E-state index is 13.9. The fourth-order valence-electron chi connectivity index (χ4n) is 2.86. The zero-order valence-corrected chi connectivity index (χ0v) is 15.9. The minimum atomic E-state index is -1.54. The second-order valence-corrected chi connectivity index (χ2v) is 7.06. The summed E-state index contributed by atoms with van der Waals surface area (Å²) in [4.78, 5) is 38.4. The summed E-state index contributed by atoms with van der Waals surface area (Å²) in [5.74, 6) is -1.85. The topological polar surface area (TPSA) is 152 Å². The predicted molar refractivity (Wildman–Crippen MR) is 101 cm³/mol. The van der Waals surface area contributed by atoms with Crippen LogP contribution in [0.25, 0.3) is 22.6 Å². The number of H-pyrrole nitrogens is 1. The van der Waals surface area contributed by atoms with Crippen molar-refractivity contribution in [2.24, 2.45) is 0 Å². The quantitative estimate of drug-likeness (QED) is 0.489. The molecule has 0 fully saturated rings. The van der Waals surface area contributed by atoms with Crippen molar-refractivity contribution < 1.29 is 14.3 Å². The van der Waals surface area contributed by atoms with E-state index in [2.05, 4.69) is 35.2 Å². The van der Waals surface area contributed by atoms with Crippen LogP contribution in [-0.2, 0) is 16.8 Å². The first-order chi connectivity index (χ1) is 14.3. The molecule has 12 heteroatoms. The van der Waals surface area contributed by atoms with Crippen LogP contribution in [0.5, 0.6) is 0 Å². The summed E-state index contributed by atoms with van der Waals surface area (Å²) in [6, 6.07) is 1.22. The number of aromatic nitrogens is 8. The normalized spacial score (nSPS) is 11.7. The van der Waals surface area contributed by atoms with Crippen molar-refractivity contribution in [3.63, 3.8) is 0 Å². The molecule has 0 saturated carbocycles. The lowest BCUT2D eigenvalue weighted by molar-refractivity contribution is -0.142. The fraction of sp³-hybridized carbons (Fsp3) is 0.222. The molecule has 0 unspecified atom stereocenters. The van der Waals surface area contributed by atoms with E-state index in [9.17, 15) is 19.1 Å². The van der Waals surface area contributed by atoms with Crippen LogP contribution in [0.2, 0.25) is 0 Å². The van der Waals surface area contributed by atoms with E-state index in [0.717, 1.165) is 11.8 Å². The molecule has 0 radical (unpaired) electrons. The van der Waals surface area contributed by atoms with Gasteiger partial charge in [0.1, 0.15) is 28.9 Å². The van der Waals surface area contributed by atoms with Gasteiger partial charge in [0.15, 0.2) is 11.5 Å². The number of aromatic amines is 1. The third-order valence-electron chi connectivity index (χ3n) is 4.55. The van der Waals surface area contributed by atoms with Crippen LogP contribution in [0.4, 0.5) is 4.39 Å². The molecule has 0 saturated heterocycles. The van der Waals surface area contributed by atoms with E-state index in [0.29, 0.717) is 11.0 Å². The standard InChI is InChI=1S/C18H15FN8O3/c1-18(2,17(29)30)13-16(28)23-14(25-24-13)12-11-3-10(19)6-22-15(11)27(26-12)7-9-4-20-8-21-5-9/h3-6,8H,7H2,1-2H3,(H,29,30)(H,23,25,28). The Labute approximate surface area is 167 Å². The third-order valence-corrected chi connectivity index (χ3v) is 4.55. The lowest BCUT2D eigenvalue weighted by atomic mass is 9.90. The molecule has 4 rings (SSSR count). The molecule has 0 atom stereocenters. The van der Waals surface area contributed by atoms with Crippen LogP contribution in [0.3, 0.4) is 0 Å². The fourth-order valence-corrected chi connectivity index (χ4v) is 2.86. The number of carboxylic acids is 1. The first kappa shape index (κ1) is 19.2.